The number of carbonyl (C=O) groups is 2. The van der Waals surface area contributed by atoms with E-state index < -0.39 is 11.9 Å². The Bertz CT molecular complexity index is 397. The molecule has 0 atom stereocenters. The minimum Gasteiger partial charge on any atom is -0.481 e. The van der Waals surface area contributed by atoms with Gasteiger partial charge in [0.1, 0.15) is 5.75 Å². The van der Waals surface area contributed by atoms with Gasteiger partial charge in [-0.3, -0.25) is 9.59 Å². The van der Waals surface area contributed by atoms with Crippen molar-refractivity contribution in [2.45, 2.75) is 12.8 Å². The average Bonchev–Trinajstić information content (AvgIpc) is 2.12. The minimum atomic E-state index is -1.05. The van der Waals surface area contributed by atoms with Crippen molar-refractivity contribution in [3.05, 3.63) is 28.2 Å². The van der Waals surface area contributed by atoms with Crippen LogP contribution in [0, 0.1) is 0 Å². The minimum absolute atomic E-state index is 0.195. The van der Waals surface area contributed by atoms with Crippen LogP contribution in [0.1, 0.15) is 12.8 Å². The quantitative estimate of drug-likeness (QED) is 0.670. The van der Waals surface area contributed by atoms with Gasteiger partial charge < -0.3 is 9.84 Å². The summed E-state index contributed by atoms with van der Waals surface area (Å²) in [5.41, 5.74) is 0. The van der Waals surface area contributed by atoms with Crippen molar-refractivity contribution in [3.8, 4) is 5.75 Å². The Kier molecular flexibility index (Phi) is 4.58. The van der Waals surface area contributed by atoms with Gasteiger partial charge in [0.2, 0.25) is 0 Å². The molecule has 0 saturated heterocycles. The number of carboxylic acids is 1. The van der Waals surface area contributed by atoms with E-state index in [2.05, 4.69) is 0 Å². The first kappa shape index (κ1) is 12.8. The summed E-state index contributed by atoms with van der Waals surface area (Å²) in [6, 6.07) is 4.34. The van der Waals surface area contributed by atoms with Crippen LogP contribution in [0.2, 0.25) is 10.0 Å². The molecule has 0 saturated carbocycles. The van der Waals surface area contributed by atoms with Crippen molar-refractivity contribution in [3.63, 3.8) is 0 Å². The average molecular weight is 263 g/mol. The Morgan fingerprint density at radius 2 is 1.69 bits per heavy atom. The molecule has 16 heavy (non-hydrogen) atoms. The van der Waals surface area contributed by atoms with Crippen molar-refractivity contribution in [2.75, 3.05) is 0 Å². The van der Waals surface area contributed by atoms with Crippen LogP contribution in [-0.2, 0) is 9.59 Å². The first-order valence-electron chi connectivity index (χ1n) is 4.36. The lowest BCUT2D eigenvalue weighted by Gasteiger charge is -2.04. The SMILES string of the molecule is O=C(O)CCC(=O)Oc1cc(Cl)cc(Cl)c1. The van der Waals surface area contributed by atoms with Crippen LogP contribution in [0.15, 0.2) is 18.2 Å². The number of hydrogen-bond acceptors (Lipinski definition) is 3. The summed E-state index contributed by atoms with van der Waals surface area (Å²) in [5.74, 6) is -1.49. The van der Waals surface area contributed by atoms with Gasteiger partial charge in [0, 0.05) is 10.0 Å². The zero-order valence-corrected chi connectivity index (χ0v) is 9.59. The van der Waals surface area contributed by atoms with E-state index in [1.165, 1.54) is 18.2 Å². The molecule has 0 unspecified atom stereocenters. The molecule has 6 heteroatoms. The van der Waals surface area contributed by atoms with Gasteiger partial charge in [-0.2, -0.15) is 0 Å². The summed E-state index contributed by atoms with van der Waals surface area (Å²) in [5, 5.41) is 9.05. The normalized spacial score (nSPS) is 9.88. The van der Waals surface area contributed by atoms with Crippen LogP contribution in [0.25, 0.3) is 0 Å². The number of halogens is 2. The fourth-order valence-corrected chi connectivity index (χ4v) is 1.48. The van der Waals surface area contributed by atoms with Crippen LogP contribution in [-0.4, -0.2) is 17.0 Å². The molecular weight excluding hydrogens is 255 g/mol. The van der Waals surface area contributed by atoms with E-state index in [1.54, 1.807) is 0 Å². The highest BCUT2D eigenvalue weighted by Crippen LogP contribution is 2.24. The zero-order chi connectivity index (χ0) is 12.1. The van der Waals surface area contributed by atoms with Gasteiger partial charge in [-0.15, -0.1) is 0 Å². The van der Waals surface area contributed by atoms with Gasteiger partial charge in [-0.25, -0.2) is 0 Å². The molecule has 0 aliphatic rings. The maximum atomic E-state index is 11.2. The van der Waals surface area contributed by atoms with E-state index in [1.807, 2.05) is 0 Å². The molecule has 0 bridgehead atoms. The smallest absolute Gasteiger partial charge is 0.311 e. The number of rotatable bonds is 4. The largest absolute Gasteiger partial charge is 0.481 e. The Morgan fingerprint density at radius 3 is 2.19 bits per heavy atom. The summed E-state index contributed by atoms with van der Waals surface area (Å²) < 4.78 is 4.86. The van der Waals surface area contributed by atoms with Crippen LogP contribution in [0.3, 0.4) is 0 Å². The van der Waals surface area contributed by atoms with Crippen molar-refractivity contribution in [2.24, 2.45) is 0 Å². The molecule has 1 aromatic carbocycles. The number of aliphatic carboxylic acids is 1. The molecule has 0 spiro atoms. The van der Waals surface area contributed by atoms with Crippen LogP contribution in [0.5, 0.6) is 5.75 Å². The van der Waals surface area contributed by atoms with Crippen molar-refractivity contribution >= 4 is 35.1 Å². The maximum Gasteiger partial charge on any atom is 0.311 e. The first-order chi connectivity index (χ1) is 7.47. The fourth-order valence-electron chi connectivity index (χ4n) is 0.979. The molecule has 86 valence electrons. The summed E-state index contributed by atoms with van der Waals surface area (Å²) >= 11 is 11.4. The number of benzene rings is 1. The monoisotopic (exact) mass is 262 g/mol. The van der Waals surface area contributed by atoms with E-state index in [0.717, 1.165) is 0 Å². The lowest BCUT2D eigenvalue weighted by Crippen LogP contribution is -2.10. The highest BCUT2D eigenvalue weighted by Gasteiger charge is 2.08. The van der Waals surface area contributed by atoms with Crippen molar-refractivity contribution in [1.82, 2.24) is 0 Å². The maximum absolute atomic E-state index is 11.2. The highest BCUT2D eigenvalue weighted by atomic mass is 35.5. The number of hydrogen-bond donors (Lipinski definition) is 1. The molecule has 0 aliphatic heterocycles. The Morgan fingerprint density at radius 1 is 1.12 bits per heavy atom. The molecule has 4 nitrogen and oxygen atoms in total. The van der Waals surface area contributed by atoms with Crippen molar-refractivity contribution < 1.29 is 19.4 Å². The van der Waals surface area contributed by atoms with Crippen molar-refractivity contribution in [1.29, 1.82) is 0 Å². The fraction of sp³-hybridized carbons (Fsp3) is 0.200. The second kappa shape index (κ2) is 5.72. The van der Waals surface area contributed by atoms with Crippen LogP contribution >= 0.6 is 23.2 Å². The third-order valence-corrected chi connectivity index (χ3v) is 2.05. The molecule has 1 N–H and O–H groups in total. The standard InChI is InChI=1S/C10H8Cl2O4/c11-6-3-7(12)5-8(4-6)16-10(15)2-1-9(13)14/h3-5H,1-2H2,(H,13,14). The predicted octanol–water partition coefficient (Wildman–Crippen LogP) is 2.76. The topological polar surface area (TPSA) is 63.6 Å². The van der Waals surface area contributed by atoms with Gasteiger partial charge in [-0.1, -0.05) is 23.2 Å². The molecule has 0 amide bonds. The molecule has 0 fully saturated rings. The molecule has 0 aromatic heterocycles. The molecule has 0 aliphatic carbocycles. The third kappa shape index (κ3) is 4.51. The Hall–Kier alpha value is -1.26. The predicted molar refractivity (Wildman–Crippen MR) is 59.0 cm³/mol. The highest BCUT2D eigenvalue weighted by molar-refractivity contribution is 6.34. The molecule has 0 radical (unpaired) electrons. The second-order valence-electron chi connectivity index (χ2n) is 2.97. The lowest BCUT2D eigenvalue weighted by molar-refractivity contribution is -0.142. The summed E-state index contributed by atoms with van der Waals surface area (Å²) in [6.45, 7) is 0. The van der Waals surface area contributed by atoms with Crippen LogP contribution < -0.4 is 4.74 Å². The van der Waals surface area contributed by atoms with Gasteiger partial charge in [0.05, 0.1) is 12.8 Å². The van der Waals surface area contributed by atoms with Crippen LogP contribution in [0.4, 0.5) is 0 Å². The first-order valence-corrected chi connectivity index (χ1v) is 5.11. The molecule has 1 aromatic rings. The van der Waals surface area contributed by atoms with E-state index in [9.17, 15) is 9.59 Å². The molecular formula is C10H8Cl2O4. The summed E-state index contributed by atoms with van der Waals surface area (Å²) in [7, 11) is 0. The number of carbonyl (C=O) groups excluding carboxylic acids is 1. The van der Waals surface area contributed by atoms with Gasteiger partial charge in [-0.05, 0) is 18.2 Å². The van der Waals surface area contributed by atoms with E-state index in [-0.39, 0.29) is 18.6 Å². The number of carboxylic acid groups (broad SMARTS) is 1. The van der Waals surface area contributed by atoms with E-state index in [0.29, 0.717) is 10.0 Å². The van der Waals surface area contributed by atoms with E-state index >= 15 is 0 Å². The molecule has 1 rings (SSSR count). The molecule has 0 heterocycles. The second-order valence-corrected chi connectivity index (χ2v) is 3.85. The summed E-state index contributed by atoms with van der Waals surface area (Å²) in [4.78, 5) is 21.4. The van der Waals surface area contributed by atoms with Gasteiger partial charge in [0.25, 0.3) is 0 Å². The number of ether oxygens (including phenoxy) is 1. The Labute approximate surface area is 102 Å². The van der Waals surface area contributed by atoms with Gasteiger partial charge >= 0.3 is 11.9 Å². The number of esters is 1. The third-order valence-electron chi connectivity index (χ3n) is 1.61. The zero-order valence-electron chi connectivity index (χ0n) is 8.07. The lowest BCUT2D eigenvalue weighted by atomic mass is 10.3. The summed E-state index contributed by atoms with van der Waals surface area (Å²) in [6.07, 6.45) is -0.466. The van der Waals surface area contributed by atoms with E-state index in [4.69, 9.17) is 33.0 Å². The van der Waals surface area contributed by atoms with Gasteiger partial charge in [0.15, 0.2) is 0 Å². The Balaban J connectivity index is 2.59.